The summed E-state index contributed by atoms with van der Waals surface area (Å²) in [5.74, 6) is 1.27. The average molecular weight is 394 g/mol. The lowest BCUT2D eigenvalue weighted by atomic mass is 10.1. The van der Waals surface area contributed by atoms with Crippen LogP contribution in [0.5, 0.6) is 11.5 Å². The molecule has 0 aliphatic carbocycles. The largest absolute Gasteiger partial charge is 0.493 e. The van der Waals surface area contributed by atoms with E-state index in [1.54, 1.807) is 11.0 Å². The fraction of sp³-hybridized carbons (Fsp3) is 0.391. The Morgan fingerprint density at radius 3 is 2.59 bits per heavy atom. The van der Waals surface area contributed by atoms with Crippen LogP contribution in [0.15, 0.2) is 42.5 Å². The number of carbonyl (C=O) groups excluding carboxylic acids is 2. The summed E-state index contributed by atoms with van der Waals surface area (Å²) in [6.07, 6.45) is 2.11. The maximum atomic E-state index is 13.2. The number of likely N-dealkylation sites (tertiary alicyclic amines) is 1. The molecule has 0 aromatic heterocycles. The first-order valence-corrected chi connectivity index (χ1v) is 10.2. The van der Waals surface area contributed by atoms with Gasteiger partial charge in [-0.15, -0.1) is 0 Å². The molecule has 0 saturated carbocycles. The lowest BCUT2D eigenvalue weighted by molar-refractivity contribution is 0.0729. The number of fused-ring (bicyclic) bond motifs is 1. The van der Waals surface area contributed by atoms with Gasteiger partial charge in [-0.3, -0.25) is 9.59 Å². The van der Waals surface area contributed by atoms with Gasteiger partial charge in [0.25, 0.3) is 11.8 Å². The number of amides is 2. The highest BCUT2D eigenvalue weighted by Gasteiger charge is 2.25. The van der Waals surface area contributed by atoms with Crippen LogP contribution in [0, 0.1) is 0 Å². The van der Waals surface area contributed by atoms with Crippen molar-refractivity contribution in [3.63, 3.8) is 0 Å². The summed E-state index contributed by atoms with van der Waals surface area (Å²) in [5.41, 5.74) is 2.05. The normalized spacial score (nSPS) is 16.0. The first-order chi connectivity index (χ1) is 14.2. The van der Waals surface area contributed by atoms with E-state index in [0.29, 0.717) is 43.2 Å². The predicted molar refractivity (Wildman–Crippen MR) is 109 cm³/mol. The number of ether oxygens (including phenoxy) is 2. The van der Waals surface area contributed by atoms with E-state index >= 15 is 0 Å². The quantitative estimate of drug-likeness (QED) is 0.798. The number of hydrogen-bond donors (Lipinski definition) is 0. The molecular formula is C23H26N2O4. The Kier molecular flexibility index (Phi) is 5.69. The minimum Gasteiger partial charge on any atom is -0.493 e. The lowest BCUT2D eigenvalue weighted by Gasteiger charge is -2.21. The monoisotopic (exact) mass is 394 g/mol. The smallest absolute Gasteiger partial charge is 0.258 e. The molecule has 29 heavy (non-hydrogen) atoms. The zero-order chi connectivity index (χ0) is 20.2. The van der Waals surface area contributed by atoms with Gasteiger partial charge in [-0.2, -0.15) is 0 Å². The van der Waals surface area contributed by atoms with Crippen molar-refractivity contribution in [2.24, 2.45) is 0 Å². The van der Waals surface area contributed by atoms with E-state index in [0.717, 1.165) is 37.2 Å². The summed E-state index contributed by atoms with van der Waals surface area (Å²) < 4.78 is 11.5. The predicted octanol–water partition coefficient (Wildman–Crippen LogP) is 3.36. The molecule has 2 aliphatic rings. The highest BCUT2D eigenvalue weighted by Crippen LogP contribution is 2.28. The first-order valence-electron chi connectivity index (χ1n) is 10.2. The van der Waals surface area contributed by atoms with Gasteiger partial charge in [0.15, 0.2) is 0 Å². The number of nitrogens with zero attached hydrogens (tertiary/aromatic N) is 2. The number of hydrogen-bond acceptors (Lipinski definition) is 4. The van der Waals surface area contributed by atoms with Gasteiger partial charge in [0.05, 0.1) is 18.7 Å². The molecule has 1 saturated heterocycles. The van der Waals surface area contributed by atoms with Gasteiger partial charge >= 0.3 is 0 Å². The Bertz CT molecular complexity index is 906. The van der Waals surface area contributed by atoms with E-state index in [1.165, 1.54) is 0 Å². The molecule has 2 aromatic carbocycles. The van der Waals surface area contributed by atoms with Crippen molar-refractivity contribution in [3.05, 3.63) is 59.2 Å². The average Bonchev–Trinajstić information content (AvgIpc) is 3.20. The molecule has 6 nitrogen and oxygen atoms in total. The van der Waals surface area contributed by atoms with Crippen LogP contribution in [-0.2, 0) is 6.54 Å². The maximum absolute atomic E-state index is 13.2. The highest BCUT2D eigenvalue weighted by molar-refractivity contribution is 5.97. The Morgan fingerprint density at radius 2 is 1.79 bits per heavy atom. The fourth-order valence-electron chi connectivity index (χ4n) is 3.90. The molecule has 6 heteroatoms. The molecule has 2 aliphatic heterocycles. The molecule has 2 amide bonds. The van der Waals surface area contributed by atoms with E-state index < -0.39 is 0 Å². The van der Waals surface area contributed by atoms with E-state index in [9.17, 15) is 9.59 Å². The van der Waals surface area contributed by atoms with Gasteiger partial charge in [-0.1, -0.05) is 12.1 Å². The van der Waals surface area contributed by atoms with Crippen LogP contribution in [0.1, 0.15) is 46.0 Å². The molecule has 4 rings (SSSR count). The third-order valence-corrected chi connectivity index (χ3v) is 5.39. The van der Waals surface area contributed by atoms with Crippen LogP contribution in [0.25, 0.3) is 0 Å². The van der Waals surface area contributed by atoms with E-state index in [1.807, 2.05) is 48.2 Å². The van der Waals surface area contributed by atoms with Crippen LogP contribution in [-0.4, -0.2) is 54.5 Å². The maximum Gasteiger partial charge on any atom is 0.258 e. The molecule has 0 unspecified atom stereocenters. The first kappa shape index (κ1) is 19.3. The zero-order valence-electron chi connectivity index (χ0n) is 16.7. The molecule has 2 heterocycles. The fourth-order valence-corrected chi connectivity index (χ4v) is 3.90. The van der Waals surface area contributed by atoms with E-state index in [2.05, 4.69) is 0 Å². The van der Waals surface area contributed by atoms with E-state index in [4.69, 9.17) is 9.47 Å². The highest BCUT2D eigenvalue weighted by atomic mass is 16.5. The summed E-state index contributed by atoms with van der Waals surface area (Å²) >= 11 is 0. The molecule has 0 bridgehead atoms. The minimum absolute atomic E-state index is 0.0501. The minimum atomic E-state index is -0.0956. The van der Waals surface area contributed by atoms with Gasteiger partial charge in [-0.25, -0.2) is 0 Å². The van der Waals surface area contributed by atoms with Crippen LogP contribution >= 0.6 is 0 Å². The number of rotatable bonds is 4. The summed E-state index contributed by atoms with van der Waals surface area (Å²) in [7, 11) is 0. The van der Waals surface area contributed by atoms with Crippen LogP contribution in [0.2, 0.25) is 0 Å². The molecule has 0 N–H and O–H groups in total. The van der Waals surface area contributed by atoms with E-state index in [-0.39, 0.29) is 11.8 Å². The lowest BCUT2D eigenvalue weighted by Crippen LogP contribution is -2.33. The molecule has 0 spiro atoms. The van der Waals surface area contributed by atoms with Crippen LogP contribution in [0.3, 0.4) is 0 Å². The third kappa shape index (κ3) is 4.06. The van der Waals surface area contributed by atoms with Crippen molar-refractivity contribution in [3.8, 4) is 11.5 Å². The van der Waals surface area contributed by atoms with Gasteiger partial charge in [0.1, 0.15) is 18.1 Å². The number of para-hydroxylation sites is 1. The summed E-state index contributed by atoms with van der Waals surface area (Å²) in [5, 5.41) is 0. The van der Waals surface area contributed by atoms with Gasteiger partial charge in [0.2, 0.25) is 0 Å². The van der Waals surface area contributed by atoms with Crippen LogP contribution in [0.4, 0.5) is 0 Å². The van der Waals surface area contributed by atoms with Crippen LogP contribution < -0.4 is 9.47 Å². The molecule has 152 valence electrons. The van der Waals surface area contributed by atoms with Gasteiger partial charge in [-0.05, 0) is 50.1 Å². The standard InChI is InChI=1S/C23H26N2O4/c1-2-28-21-8-4-3-7-19(21)23(27)25-13-14-29-20-10-9-17(15-18(20)16-25)22(26)24-11-5-6-12-24/h3-4,7-10,15H,2,5-6,11-14,16H2,1H3. The second kappa shape index (κ2) is 8.55. The Morgan fingerprint density at radius 1 is 1.00 bits per heavy atom. The van der Waals surface area contributed by atoms with Crippen molar-refractivity contribution in [1.82, 2.24) is 9.80 Å². The molecule has 2 aromatic rings. The third-order valence-electron chi connectivity index (χ3n) is 5.39. The topological polar surface area (TPSA) is 59.1 Å². The van der Waals surface area contributed by atoms with Crippen molar-refractivity contribution in [2.45, 2.75) is 26.3 Å². The molecule has 1 fully saturated rings. The zero-order valence-corrected chi connectivity index (χ0v) is 16.7. The summed E-state index contributed by atoms with van der Waals surface area (Å²) in [6, 6.07) is 12.8. The molecule has 0 atom stereocenters. The summed E-state index contributed by atoms with van der Waals surface area (Å²) in [4.78, 5) is 29.6. The van der Waals surface area contributed by atoms with Crippen molar-refractivity contribution < 1.29 is 19.1 Å². The number of carbonyl (C=O) groups is 2. The SMILES string of the molecule is CCOc1ccccc1C(=O)N1CCOc2ccc(C(=O)N3CCCC3)cc2C1. The van der Waals surface area contributed by atoms with Crippen molar-refractivity contribution in [2.75, 3.05) is 32.8 Å². The summed E-state index contributed by atoms with van der Waals surface area (Å²) in [6.45, 7) is 5.30. The van der Waals surface area contributed by atoms with Crippen molar-refractivity contribution >= 4 is 11.8 Å². The molecular weight excluding hydrogens is 368 g/mol. The second-order valence-electron chi connectivity index (χ2n) is 7.33. The molecule has 0 radical (unpaired) electrons. The van der Waals surface area contributed by atoms with Crippen molar-refractivity contribution in [1.29, 1.82) is 0 Å². The Hall–Kier alpha value is -3.02. The second-order valence-corrected chi connectivity index (χ2v) is 7.33. The van der Waals surface area contributed by atoms with Gasteiger partial charge in [0, 0.05) is 30.8 Å². The number of benzene rings is 2. The Labute approximate surface area is 171 Å². The Balaban J connectivity index is 1.58. The van der Waals surface area contributed by atoms with Gasteiger partial charge < -0.3 is 19.3 Å².